The first-order valence-corrected chi connectivity index (χ1v) is 8.75. The minimum absolute atomic E-state index is 0.124. The van der Waals surface area contributed by atoms with Gasteiger partial charge in [0.25, 0.3) is 0 Å². The molecule has 0 saturated carbocycles. The maximum absolute atomic E-state index is 6.00. The summed E-state index contributed by atoms with van der Waals surface area (Å²) < 4.78 is 5.54. The van der Waals surface area contributed by atoms with Gasteiger partial charge in [0.2, 0.25) is 5.88 Å². The fourth-order valence-electron chi connectivity index (χ4n) is 2.25. The molecule has 1 aromatic heterocycles. The van der Waals surface area contributed by atoms with Gasteiger partial charge in [-0.2, -0.15) is 0 Å². The third-order valence-corrected chi connectivity index (χ3v) is 3.67. The molecule has 2 aromatic rings. The molecule has 0 radical (unpaired) electrons. The third kappa shape index (κ3) is 7.01. The Morgan fingerprint density at radius 3 is 2.68 bits per heavy atom. The van der Waals surface area contributed by atoms with Crippen LogP contribution in [0.3, 0.4) is 0 Å². The van der Waals surface area contributed by atoms with E-state index in [1.165, 1.54) is 5.56 Å². The summed E-state index contributed by atoms with van der Waals surface area (Å²) in [4.78, 5) is 8.53. The van der Waals surface area contributed by atoms with E-state index in [0.29, 0.717) is 12.4 Å². The summed E-state index contributed by atoms with van der Waals surface area (Å²) in [6.07, 6.45) is 2.81. The molecule has 25 heavy (non-hydrogen) atoms. The standard InChI is InChI=1S/C19H25ClN4O/c1-14(2)25-18-8-7-16(12-23-18)13-24-19(21-3)22-10-9-15-5-4-6-17(20)11-15/h4-8,11-12,14H,9-10,13H2,1-3H3,(H2,21,22,24). The van der Waals surface area contributed by atoms with Crippen LogP contribution >= 0.6 is 11.6 Å². The molecule has 5 nitrogen and oxygen atoms in total. The summed E-state index contributed by atoms with van der Waals surface area (Å²) in [6, 6.07) is 11.8. The lowest BCUT2D eigenvalue weighted by Crippen LogP contribution is -2.37. The Balaban J connectivity index is 1.76. The smallest absolute Gasteiger partial charge is 0.213 e. The molecule has 2 rings (SSSR count). The molecule has 1 aromatic carbocycles. The Morgan fingerprint density at radius 2 is 2.04 bits per heavy atom. The first-order chi connectivity index (χ1) is 12.1. The number of halogens is 1. The van der Waals surface area contributed by atoms with Crippen molar-refractivity contribution in [1.82, 2.24) is 15.6 Å². The third-order valence-electron chi connectivity index (χ3n) is 3.43. The molecule has 2 N–H and O–H groups in total. The lowest BCUT2D eigenvalue weighted by atomic mass is 10.1. The van der Waals surface area contributed by atoms with Gasteiger partial charge in [-0.05, 0) is 43.5 Å². The molecule has 0 atom stereocenters. The molecule has 0 aliphatic heterocycles. The average Bonchev–Trinajstić information content (AvgIpc) is 2.59. The van der Waals surface area contributed by atoms with Crippen molar-refractivity contribution in [2.24, 2.45) is 4.99 Å². The molecule has 0 fully saturated rings. The van der Waals surface area contributed by atoms with Gasteiger partial charge in [-0.15, -0.1) is 0 Å². The second-order valence-electron chi connectivity index (χ2n) is 5.90. The largest absolute Gasteiger partial charge is 0.475 e. The van der Waals surface area contributed by atoms with Crippen LogP contribution in [0.5, 0.6) is 5.88 Å². The number of aliphatic imine (C=N–C) groups is 1. The Bertz CT molecular complexity index is 686. The van der Waals surface area contributed by atoms with Crippen molar-refractivity contribution in [2.45, 2.75) is 32.9 Å². The SMILES string of the molecule is CN=C(NCCc1cccc(Cl)c1)NCc1ccc(OC(C)C)nc1. The predicted octanol–water partition coefficient (Wildman–Crippen LogP) is 3.43. The van der Waals surface area contributed by atoms with Crippen molar-refractivity contribution in [2.75, 3.05) is 13.6 Å². The van der Waals surface area contributed by atoms with Crippen LogP contribution in [0.2, 0.25) is 5.02 Å². The van der Waals surface area contributed by atoms with Gasteiger partial charge >= 0.3 is 0 Å². The van der Waals surface area contributed by atoms with Gasteiger partial charge in [-0.3, -0.25) is 4.99 Å². The van der Waals surface area contributed by atoms with Crippen LogP contribution in [0.1, 0.15) is 25.0 Å². The van der Waals surface area contributed by atoms with E-state index in [4.69, 9.17) is 16.3 Å². The van der Waals surface area contributed by atoms with E-state index < -0.39 is 0 Å². The minimum Gasteiger partial charge on any atom is -0.475 e. The second-order valence-corrected chi connectivity index (χ2v) is 6.34. The van der Waals surface area contributed by atoms with Gasteiger partial charge in [0.1, 0.15) is 0 Å². The van der Waals surface area contributed by atoms with Crippen LogP contribution in [0.25, 0.3) is 0 Å². The number of pyridine rings is 1. The lowest BCUT2D eigenvalue weighted by molar-refractivity contribution is 0.232. The predicted molar refractivity (Wildman–Crippen MR) is 103 cm³/mol. The Morgan fingerprint density at radius 1 is 1.20 bits per heavy atom. The van der Waals surface area contributed by atoms with Crippen molar-refractivity contribution in [3.8, 4) is 5.88 Å². The highest BCUT2D eigenvalue weighted by atomic mass is 35.5. The van der Waals surface area contributed by atoms with Gasteiger partial charge in [0, 0.05) is 37.4 Å². The summed E-state index contributed by atoms with van der Waals surface area (Å²) in [7, 11) is 1.76. The number of hydrogen-bond donors (Lipinski definition) is 2. The number of ether oxygens (including phenoxy) is 1. The minimum atomic E-state index is 0.124. The lowest BCUT2D eigenvalue weighted by Gasteiger charge is -2.13. The Hall–Kier alpha value is -2.27. The van der Waals surface area contributed by atoms with Crippen molar-refractivity contribution < 1.29 is 4.74 Å². The molecule has 0 unspecified atom stereocenters. The molecular formula is C19H25ClN4O. The number of hydrogen-bond acceptors (Lipinski definition) is 3. The Kier molecular flexibility index (Phi) is 7.54. The fraction of sp³-hybridized carbons (Fsp3) is 0.368. The number of aromatic nitrogens is 1. The molecule has 1 heterocycles. The van der Waals surface area contributed by atoms with E-state index in [-0.39, 0.29) is 6.10 Å². The quantitative estimate of drug-likeness (QED) is 0.586. The van der Waals surface area contributed by atoms with Crippen molar-refractivity contribution >= 4 is 17.6 Å². The van der Waals surface area contributed by atoms with Crippen molar-refractivity contribution in [3.63, 3.8) is 0 Å². The first-order valence-electron chi connectivity index (χ1n) is 8.37. The van der Waals surface area contributed by atoms with Gasteiger partial charge < -0.3 is 15.4 Å². The van der Waals surface area contributed by atoms with E-state index in [9.17, 15) is 0 Å². The van der Waals surface area contributed by atoms with E-state index in [1.54, 1.807) is 7.05 Å². The summed E-state index contributed by atoms with van der Waals surface area (Å²) in [5.41, 5.74) is 2.26. The summed E-state index contributed by atoms with van der Waals surface area (Å²) >= 11 is 6.00. The monoisotopic (exact) mass is 360 g/mol. The molecule has 0 spiro atoms. The van der Waals surface area contributed by atoms with Gasteiger partial charge in [0.15, 0.2) is 5.96 Å². The van der Waals surface area contributed by atoms with E-state index in [0.717, 1.165) is 29.5 Å². The number of rotatable bonds is 7. The maximum Gasteiger partial charge on any atom is 0.213 e. The van der Waals surface area contributed by atoms with Crippen LogP contribution in [0, 0.1) is 0 Å². The maximum atomic E-state index is 6.00. The van der Waals surface area contributed by atoms with E-state index in [2.05, 4.69) is 26.7 Å². The topological polar surface area (TPSA) is 58.5 Å². The van der Waals surface area contributed by atoms with Gasteiger partial charge in [0.05, 0.1) is 6.10 Å². The number of nitrogens with one attached hydrogen (secondary N) is 2. The highest BCUT2D eigenvalue weighted by molar-refractivity contribution is 6.30. The van der Waals surface area contributed by atoms with E-state index >= 15 is 0 Å². The zero-order valence-corrected chi connectivity index (χ0v) is 15.7. The van der Waals surface area contributed by atoms with Crippen LogP contribution in [0.15, 0.2) is 47.6 Å². The van der Waals surface area contributed by atoms with E-state index in [1.807, 2.05) is 50.4 Å². The zero-order chi connectivity index (χ0) is 18.1. The zero-order valence-electron chi connectivity index (χ0n) is 14.9. The van der Waals surface area contributed by atoms with Crippen molar-refractivity contribution in [1.29, 1.82) is 0 Å². The molecule has 0 amide bonds. The van der Waals surface area contributed by atoms with Crippen LogP contribution in [-0.4, -0.2) is 30.6 Å². The molecule has 0 saturated heterocycles. The highest BCUT2D eigenvalue weighted by Crippen LogP contribution is 2.11. The molecule has 6 heteroatoms. The normalized spacial score (nSPS) is 11.5. The Labute approximate surface area is 154 Å². The van der Waals surface area contributed by atoms with Gasteiger partial charge in [-0.1, -0.05) is 29.8 Å². The fourth-order valence-corrected chi connectivity index (χ4v) is 2.46. The molecule has 134 valence electrons. The summed E-state index contributed by atoms with van der Waals surface area (Å²) in [5, 5.41) is 7.33. The van der Waals surface area contributed by atoms with Crippen LogP contribution in [0.4, 0.5) is 0 Å². The van der Waals surface area contributed by atoms with Crippen molar-refractivity contribution in [3.05, 3.63) is 58.7 Å². The summed E-state index contributed by atoms with van der Waals surface area (Å²) in [5.74, 6) is 1.40. The number of guanidine groups is 1. The van der Waals surface area contributed by atoms with Gasteiger partial charge in [-0.25, -0.2) is 4.98 Å². The molecular weight excluding hydrogens is 336 g/mol. The average molecular weight is 361 g/mol. The number of nitrogens with zero attached hydrogens (tertiary/aromatic N) is 2. The number of benzene rings is 1. The summed E-state index contributed by atoms with van der Waals surface area (Å²) in [6.45, 7) is 5.39. The first kappa shape index (κ1) is 19.1. The highest BCUT2D eigenvalue weighted by Gasteiger charge is 2.02. The van der Waals surface area contributed by atoms with Crippen LogP contribution in [-0.2, 0) is 13.0 Å². The molecule has 0 aliphatic carbocycles. The molecule has 0 aliphatic rings. The second kappa shape index (κ2) is 9.89. The van der Waals surface area contributed by atoms with Crippen LogP contribution < -0.4 is 15.4 Å². The molecule has 0 bridgehead atoms.